The van der Waals surface area contributed by atoms with Gasteiger partial charge in [0.05, 0.1) is 11.6 Å². The number of carbonyl (C=O) groups is 4. The van der Waals surface area contributed by atoms with Crippen molar-refractivity contribution in [3.8, 4) is 0 Å². The molecule has 12 heteroatoms. The topological polar surface area (TPSA) is 90.0 Å². The van der Waals surface area contributed by atoms with Crippen LogP contribution >= 0.6 is 0 Å². The predicted octanol–water partition coefficient (Wildman–Crippen LogP) is 4.07. The highest BCUT2D eigenvalue weighted by Crippen LogP contribution is 2.36. The maximum atomic E-state index is 15.4. The van der Waals surface area contributed by atoms with Crippen molar-refractivity contribution in [3.63, 3.8) is 0 Å². The lowest BCUT2D eigenvalue weighted by molar-refractivity contribution is -0.190. The Bertz CT molecular complexity index is 1580. The number of fused-ring (bicyclic) bond motifs is 1. The summed E-state index contributed by atoms with van der Waals surface area (Å²) in [4.78, 5) is 54.0. The van der Waals surface area contributed by atoms with Crippen LogP contribution in [-0.2, 0) is 16.1 Å². The van der Waals surface area contributed by atoms with Gasteiger partial charge in [0, 0.05) is 38.2 Å². The standard InChI is InChI=1S/C32H28F4N4O4/c33-24-16-22-21(17-40(30(22)43)25-11-12-27(41)37-29(25)42)15-23(24)31(44)39-14-13-38(18-26(39)32(34,35)36)28(19-7-3-1-4-8-19)20-9-5-2-6-10-20/h1-10,15-16,25-26,28H,11-14,17-18H2,(H,37,41,42). The smallest absolute Gasteiger partial charge is 0.324 e. The zero-order valence-electron chi connectivity index (χ0n) is 23.4. The van der Waals surface area contributed by atoms with Crippen LogP contribution in [0.15, 0.2) is 72.8 Å². The first-order chi connectivity index (χ1) is 21.0. The zero-order valence-corrected chi connectivity index (χ0v) is 23.4. The molecular formula is C32H28F4N4O4. The van der Waals surface area contributed by atoms with Crippen LogP contribution in [0.1, 0.15) is 56.3 Å². The molecule has 0 radical (unpaired) electrons. The fraction of sp³-hybridized carbons (Fsp3) is 0.312. The quantitative estimate of drug-likeness (QED) is 0.349. The van der Waals surface area contributed by atoms with Crippen LogP contribution in [0.2, 0.25) is 0 Å². The van der Waals surface area contributed by atoms with Gasteiger partial charge in [-0.1, -0.05) is 60.7 Å². The third-order valence-corrected chi connectivity index (χ3v) is 8.49. The lowest BCUT2D eigenvalue weighted by atomic mass is 9.95. The Morgan fingerprint density at radius 3 is 2.14 bits per heavy atom. The van der Waals surface area contributed by atoms with Gasteiger partial charge < -0.3 is 9.80 Å². The number of piperidine rings is 1. The van der Waals surface area contributed by atoms with Crippen molar-refractivity contribution in [1.29, 1.82) is 0 Å². The van der Waals surface area contributed by atoms with Gasteiger partial charge in [-0.2, -0.15) is 13.2 Å². The number of halogens is 4. The summed E-state index contributed by atoms with van der Waals surface area (Å²) >= 11 is 0. The zero-order chi connectivity index (χ0) is 31.2. The molecule has 3 aromatic rings. The van der Waals surface area contributed by atoms with Crippen LogP contribution in [-0.4, -0.2) is 76.2 Å². The van der Waals surface area contributed by atoms with Crippen molar-refractivity contribution in [3.05, 3.63) is 106 Å². The molecule has 0 saturated carbocycles. The number of alkyl halides is 3. The Kier molecular flexibility index (Phi) is 7.70. The van der Waals surface area contributed by atoms with Crippen molar-refractivity contribution < 1.29 is 36.7 Å². The number of hydrogen-bond acceptors (Lipinski definition) is 5. The van der Waals surface area contributed by atoms with Crippen LogP contribution in [0.25, 0.3) is 0 Å². The Morgan fingerprint density at radius 2 is 1.55 bits per heavy atom. The van der Waals surface area contributed by atoms with Gasteiger partial charge in [0.15, 0.2) is 0 Å². The van der Waals surface area contributed by atoms with Gasteiger partial charge in [0.2, 0.25) is 11.8 Å². The molecule has 0 bridgehead atoms. The van der Waals surface area contributed by atoms with Gasteiger partial charge in [-0.15, -0.1) is 0 Å². The molecule has 3 aliphatic heterocycles. The van der Waals surface area contributed by atoms with E-state index in [2.05, 4.69) is 5.32 Å². The fourth-order valence-corrected chi connectivity index (χ4v) is 6.35. The third-order valence-electron chi connectivity index (χ3n) is 8.49. The first-order valence-electron chi connectivity index (χ1n) is 14.2. The van der Waals surface area contributed by atoms with E-state index in [1.165, 1.54) is 4.90 Å². The molecular weight excluding hydrogens is 580 g/mol. The van der Waals surface area contributed by atoms with E-state index in [1.54, 1.807) is 4.90 Å². The van der Waals surface area contributed by atoms with Gasteiger partial charge in [0.25, 0.3) is 11.8 Å². The Balaban J connectivity index is 1.27. The van der Waals surface area contributed by atoms with Crippen molar-refractivity contribution >= 4 is 23.6 Å². The number of imide groups is 1. The minimum Gasteiger partial charge on any atom is -0.324 e. The van der Waals surface area contributed by atoms with E-state index in [9.17, 15) is 32.3 Å². The molecule has 2 fully saturated rings. The summed E-state index contributed by atoms with van der Waals surface area (Å²) in [5.74, 6) is -4.03. The van der Waals surface area contributed by atoms with Gasteiger partial charge in [0.1, 0.15) is 17.9 Å². The van der Waals surface area contributed by atoms with E-state index in [-0.39, 0.29) is 43.6 Å². The molecule has 0 spiro atoms. The molecule has 6 rings (SSSR count). The molecule has 3 aromatic carbocycles. The summed E-state index contributed by atoms with van der Waals surface area (Å²) in [7, 11) is 0. The number of nitrogens with zero attached hydrogens (tertiary/aromatic N) is 3. The summed E-state index contributed by atoms with van der Waals surface area (Å²) in [6.45, 7) is -0.885. The van der Waals surface area contributed by atoms with Gasteiger partial charge in [-0.3, -0.25) is 29.4 Å². The molecule has 3 aliphatic rings. The van der Waals surface area contributed by atoms with Crippen LogP contribution in [0.5, 0.6) is 0 Å². The number of nitrogens with one attached hydrogen (secondary N) is 1. The largest absolute Gasteiger partial charge is 0.410 e. The highest BCUT2D eigenvalue weighted by atomic mass is 19.4. The normalized spacial score (nSPS) is 21.1. The second-order valence-electron chi connectivity index (χ2n) is 11.2. The minimum absolute atomic E-state index is 0.0227. The lowest BCUT2D eigenvalue weighted by Gasteiger charge is -2.45. The first-order valence-corrected chi connectivity index (χ1v) is 14.2. The Morgan fingerprint density at radius 1 is 0.909 bits per heavy atom. The minimum atomic E-state index is -4.81. The molecule has 2 saturated heterocycles. The third kappa shape index (κ3) is 5.45. The van der Waals surface area contributed by atoms with Crippen molar-refractivity contribution in [2.24, 2.45) is 0 Å². The van der Waals surface area contributed by atoms with E-state index in [4.69, 9.17) is 0 Å². The van der Waals surface area contributed by atoms with E-state index < -0.39 is 65.9 Å². The Hall–Kier alpha value is -4.58. The van der Waals surface area contributed by atoms with Crippen LogP contribution in [0, 0.1) is 5.82 Å². The number of hydrogen-bond donors (Lipinski definition) is 1. The first kappa shape index (κ1) is 29.5. The number of amides is 4. The van der Waals surface area contributed by atoms with Gasteiger partial charge >= 0.3 is 6.18 Å². The van der Waals surface area contributed by atoms with Crippen molar-refractivity contribution in [2.75, 3.05) is 19.6 Å². The monoisotopic (exact) mass is 608 g/mol. The fourth-order valence-electron chi connectivity index (χ4n) is 6.35. The average Bonchev–Trinajstić information content (AvgIpc) is 3.31. The van der Waals surface area contributed by atoms with Crippen LogP contribution in [0.3, 0.4) is 0 Å². The van der Waals surface area contributed by atoms with Crippen molar-refractivity contribution in [1.82, 2.24) is 20.0 Å². The second-order valence-corrected chi connectivity index (χ2v) is 11.2. The highest BCUT2D eigenvalue weighted by molar-refractivity contribution is 6.06. The van der Waals surface area contributed by atoms with Crippen LogP contribution < -0.4 is 5.32 Å². The van der Waals surface area contributed by atoms with Gasteiger partial charge in [-0.25, -0.2) is 4.39 Å². The van der Waals surface area contributed by atoms with Gasteiger partial charge in [-0.05, 0) is 35.2 Å². The molecule has 44 heavy (non-hydrogen) atoms. The van der Waals surface area contributed by atoms with E-state index in [0.717, 1.165) is 23.3 Å². The van der Waals surface area contributed by atoms with Crippen LogP contribution in [0.4, 0.5) is 17.6 Å². The SMILES string of the molecule is O=C1CCC(N2Cc3cc(C(=O)N4CCN(C(c5ccccc5)c5ccccc5)CC4C(F)(F)F)c(F)cc3C2=O)C(=O)N1. The molecule has 8 nitrogen and oxygen atoms in total. The Labute approximate surface area is 250 Å². The molecule has 2 unspecified atom stereocenters. The number of carbonyl (C=O) groups excluding carboxylic acids is 4. The van der Waals surface area contributed by atoms with Crippen molar-refractivity contribution in [2.45, 2.75) is 43.7 Å². The lowest BCUT2D eigenvalue weighted by Crippen LogP contribution is -2.61. The van der Waals surface area contributed by atoms with E-state index in [1.807, 2.05) is 60.7 Å². The molecule has 1 N–H and O–H groups in total. The number of rotatable bonds is 5. The maximum Gasteiger partial charge on any atom is 0.410 e. The second kappa shape index (κ2) is 11.5. The van der Waals surface area contributed by atoms with E-state index >= 15 is 4.39 Å². The molecule has 0 aromatic heterocycles. The summed E-state index contributed by atoms with van der Waals surface area (Å²) in [6, 6.07) is 16.6. The van der Waals surface area contributed by atoms with E-state index in [0.29, 0.717) is 4.90 Å². The number of piperazine rings is 1. The summed E-state index contributed by atoms with van der Waals surface area (Å²) in [5.41, 5.74) is 1.17. The molecule has 228 valence electrons. The average molecular weight is 609 g/mol. The predicted molar refractivity (Wildman–Crippen MR) is 150 cm³/mol. The summed E-state index contributed by atoms with van der Waals surface area (Å²) < 4.78 is 59.1. The molecule has 4 amide bonds. The summed E-state index contributed by atoms with van der Waals surface area (Å²) in [6.07, 6.45) is -4.70. The summed E-state index contributed by atoms with van der Waals surface area (Å²) in [5, 5.41) is 2.17. The molecule has 2 atom stereocenters. The maximum absolute atomic E-state index is 15.4. The molecule has 3 heterocycles. The highest BCUT2D eigenvalue weighted by Gasteiger charge is 2.50. The number of benzene rings is 3. The molecule has 0 aliphatic carbocycles.